The molecule has 3 rings (SSSR count). The van der Waals surface area contributed by atoms with Crippen LogP contribution < -0.4 is 10.6 Å². The fraction of sp³-hybridized carbons (Fsp3) is 0.533. The molecule has 2 heterocycles. The monoisotopic (exact) mass is 275 g/mol. The number of nitrogen functional groups attached to an aromatic ring is 1. The lowest BCUT2D eigenvalue weighted by Gasteiger charge is -2.45. The molecule has 2 aliphatic rings. The van der Waals surface area contributed by atoms with Crippen molar-refractivity contribution in [3.63, 3.8) is 0 Å². The molecule has 2 saturated heterocycles. The van der Waals surface area contributed by atoms with E-state index in [1.165, 1.54) is 0 Å². The van der Waals surface area contributed by atoms with Gasteiger partial charge in [0.1, 0.15) is 5.60 Å². The summed E-state index contributed by atoms with van der Waals surface area (Å²) >= 11 is 0. The predicted octanol–water partition coefficient (Wildman–Crippen LogP) is 2.08. The third-order valence-corrected chi connectivity index (χ3v) is 4.27. The summed E-state index contributed by atoms with van der Waals surface area (Å²) in [6.45, 7) is 2.58. The molecule has 1 aromatic carbocycles. The molecule has 5 heteroatoms. The minimum Gasteiger partial charge on any atom is -0.441 e. The van der Waals surface area contributed by atoms with Crippen molar-refractivity contribution in [1.29, 1.82) is 0 Å². The van der Waals surface area contributed by atoms with Crippen LogP contribution in [0.5, 0.6) is 0 Å². The number of amides is 1. The van der Waals surface area contributed by atoms with Crippen molar-refractivity contribution in [2.45, 2.75) is 24.9 Å². The van der Waals surface area contributed by atoms with Crippen molar-refractivity contribution < 1.29 is 9.53 Å². The maximum absolute atomic E-state index is 12.4. The number of carbonyl (C=O) groups is 1. The lowest BCUT2D eigenvalue weighted by atomic mass is 9.88. The number of nitrogens with two attached hydrogens (primary N) is 1. The Balaban J connectivity index is 1.77. The van der Waals surface area contributed by atoms with E-state index >= 15 is 0 Å². The maximum atomic E-state index is 12.4. The second-order valence-electron chi connectivity index (χ2n) is 5.85. The van der Waals surface area contributed by atoms with Crippen LogP contribution in [0.15, 0.2) is 24.3 Å². The highest BCUT2D eigenvalue weighted by Gasteiger charge is 2.43. The molecule has 1 unspecified atom stereocenters. The molecule has 1 spiro atoms. The normalized spacial score (nSPS) is 27.6. The van der Waals surface area contributed by atoms with Gasteiger partial charge in [0.2, 0.25) is 0 Å². The van der Waals surface area contributed by atoms with Crippen molar-refractivity contribution in [2.24, 2.45) is 0 Å². The summed E-state index contributed by atoms with van der Waals surface area (Å²) in [4.78, 5) is 16.2. The molecule has 5 nitrogen and oxygen atoms in total. The quantitative estimate of drug-likeness (QED) is 0.797. The van der Waals surface area contributed by atoms with Gasteiger partial charge in [-0.05, 0) is 38.6 Å². The summed E-state index contributed by atoms with van der Waals surface area (Å²) in [7, 11) is 2.08. The molecule has 1 atom stereocenters. The molecule has 2 N–H and O–H groups in total. The number of ether oxygens (including phenoxy) is 1. The van der Waals surface area contributed by atoms with Crippen molar-refractivity contribution in [1.82, 2.24) is 4.90 Å². The standard InChI is InChI=1S/C15H21N3O2/c1-17-9-4-7-15(11-17)8-10-18(14(19)20-15)13-6-3-2-5-12(13)16/h2-3,5-6H,4,7-11,16H2,1H3. The highest BCUT2D eigenvalue weighted by molar-refractivity contribution is 5.92. The molecule has 2 aliphatic heterocycles. The molecule has 20 heavy (non-hydrogen) atoms. The molecule has 2 fully saturated rings. The second-order valence-corrected chi connectivity index (χ2v) is 5.85. The van der Waals surface area contributed by atoms with Gasteiger partial charge in [-0.2, -0.15) is 0 Å². The molecular weight excluding hydrogens is 254 g/mol. The Morgan fingerprint density at radius 2 is 2.05 bits per heavy atom. The lowest BCUT2D eigenvalue weighted by Crippen LogP contribution is -2.56. The number of nitrogens with zero attached hydrogens (tertiary/aromatic N) is 2. The zero-order valence-corrected chi connectivity index (χ0v) is 11.8. The number of likely N-dealkylation sites (N-methyl/N-ethyl adjacent to an activating group) is 1. The third-order valence-electron chi connectivity index (χ3n) is 4.27. The van der Waals surface area contributed by atoms with Gasteiger partial charge in [-0.15, -0.1) is 0 Å². The predicted molar refractivity (Wildman–Crippen MR) is 78.8 cm³/mol. The molecule has 0 saturated carbocycles. The fourth-order valence-electron chi connectivity index (χ4n) is 3.26. The van der Waals surface area contributed by atoms with E-state index in [-0.39, 0.29) is 11.7 Å². The number of para-hydroxylation sites is 2. The molecule has 0 radical (unpaired) electrons. The van der Waals surface area contributed by atoms with Gasteiger partial charge in [0.15, 0.2) is 0 Å². The van der Waals surface area contributed by atoms with Gasteiger partial charge in [-0.1, -0.05) is 12.1 Å². The van der Waals surface area contributed by atoms with E-state index in [0.29, 0.717) is 12.2 Å². The smallest absolute Gasteiger partial charge is 0.414 e. The van der Waals surface area contributed by atoms with E-state index in [4.69, 9.17) is 10.5 Å². The maximum Gasteiger partial charge on any atom is 0.414 e. The fourth-order valence-corrected chi connectivity index (χ4v) is 3.26. The van der Waals surface area contributed by atoms with Crippen LogP contribution in [-0.2, 0) is 4.74 Å². The zero-order chi connectivity index (χ0) is 14.2. The van der Waals surface area contributed by atoms with Gasteiger partial charge in [-0.25, -0.2) is 4.79 Å². The first-order valence-electron chi connectivity index (χ1n) is 7.13. The number of hydrogen-bond acceptors (Lipinski definition) is 4. The topological polar surface area (TPSA) is 58.8 Å². The third kappa shape index (κ3) is 2.33. The number of rotatable bonds is 1. The first-order valence-corrected chi connectivity index (χ1v) is 7.13. The van der Waals surface area contributed by atoms with Crippen LogP contribution in [0.25, 0.3) is 0 Å². The first kappa shape index (κ1) is 13.2. The summed E-state index contributed by atoms with van der Waals surface area (Å²) in [5.41, 5.74) is 7.01. The number of anilines is 2. The van der Waals surface area contributed by atoms with E-state index in [1.54, 1.807) is 11.0 Å². The minimum atomic E-state index is -0.301. The highest BCUT2D eigenvalue weighted by atomic mass is 16.6. The molecular formula is C15H21N3O2. The second kappa shape index (κ2) is 4.98. The van der Waals surface area contributed by atoms with Crippen molar-refractivity contribution in [2.75, 3.05) is 37.3 Å². The lowest BCUT2D eigenvalue weighted by molar-refractivity contribution is -0.0499. The summed E-state index contributed by atoms with van der Waals surface area (Å²) in [5.74, 6) is 0. The molecule has 0 bridgehead atoms. The van der Waals surface area contributed by atoms with Crippen molar-refractivity contribution in [3.05, 3.63) is 24.3 Å². The zero-order valence-electron chi connectivity index (χ0n) is 11.8. The Bertz CT molecular complexity index is 520. The van der Waals surface area contributed by atoms with Crippen LogP contribution in [0.2, 0.25) is 0 Å². The molecule has 108 valence electrons. The van der Waals surface area contributed by atoms with E-state index < -0.39 is 0 Å². The summed E-state index contributed by atoms with van der Waals surface area (Å²) < 4.78 is 5.80. The van der Waals surface area contributed by atoms with Gasteiger partial charge in [0, 0.05) is 19.5 Å². The van der Waals surface area contributed by atoms with E-state index in [1.807, 2.05) is 18.2 Å². The van der Waals surface area contributed by atoms with Crippen LogP contribution in [0.4, 0.5) is 16.2 Å². The number of likely N-dealkylation sites (tertiary alicyclic amines) is 1. The first-order chi connectivity index (χ1) is 9.60. The van der Waals surface area contributed by atoms with Crippen molar-refractivity contribution >= 4 is 17.5 Å². The Kier molecular flexibility index (Phi) is 3.30. The average molecular weight is 275 g/mol. The largest absolute Gasteiger partial charge is 0.441 e. The van der Waals surface area contributed by atoms with Crippen LogP contribution >= 0.6 is 0 Å². The van der Waals surface area contributed by atoms with Gasteiger partial charge < -0.3 is 15.4 Å². The van der Waals surface area contributed by atoms with Gasteiger partial charge >= 0.3 is 6.09 Å². The highest BCUT2D eigenvalue weighted by Crippen LogP contribution is 2.35. The average Bonchev–Trinajstić information content (AvgIpc) is 2.40. The number of hydrogen-bond donors (Lipinski definition) is 1. The van der Waals surface area contributed by atoms with Crippen molar-refractivity contribution in [3.8, 4) is 0 Å². The number of carbonyl (C=O) groups excluding carboxylic acids is 1. The summed E-state index contributed by atoms with van der Waals surface area (Å²) in [5, 5.41) is 0. The summed E-state index contributed by atoms with van der Waals surface area (Å²) in [6.07, 6.45) is 2.63. The minimum absolute atomic E-state index is 0.274. The van der Waals surface area contributed by atoms with E-state index in [0.717, 1.165) is 38.0 Å². The Labute approximate surface area is 119 Å². The van der Waals surface area contributed by atoms with Crippen LogP contribution in [0.3, 0.4) is 0 Å². The van der Waals surface area contributed by atoms with Crippen LogP contribution in [0, 0.1) is 0 Å². The molecule has 0 aliphatic carbocycles. The van der Waals surface area contributed by atoms with Crippen LogP contribution in [-0.4, -0.2) is 43.3 Å². The van der Waals surface area contributed by atoms with Gasteiger partial charge in [0.05, 0.1) is 11.4 Å². The van der Waals surface area contributed by atoms with Crippen LogP contribution in [0.1, 0.15) is 19.3 Å². The van der Waals surface area contributed by atoms with Gasteiger partial charge in [-0.3, -0.25) is 4.90 Å². The Morgan fingerprint density at radius 1 is 1.25 bits per heavy atom. The number of piperidine rings is 1. The van der Waals surface area contributed by atoms with Gasteiger partial charge in [0.25, 0.3) is 0 Å². The Hall–Kier alpha value is -1.75. The SMILES string of the molecule is CN1CCCC2(CCN(c3ccccc3N)C(=O)O2)C1. The molecule has 1 amide bonds. The van der Waals surface area contributed by atoms with E-state index in [9.17, 15) is 4.79 Å². The molecule has 0 aromatic heterocycles. The summed E-state index contributed by atoms with van der Waals surface area (Å²) in [6, 6.07) is 7.42. The Morgan fingerprint density at radius 3 is 2.75 bits per heavy atom. The molecule has 1 aromatic rings. The van der Waals surface area contributed by atoms with E-state index in [2.05, 4.69) is 11.9 Å². The number of benzene rings is 1.